The molecule has 0 bridgehead atoms. The summed E-state index contributed by atoms with van der Waals surface area (Å²) < 4.78 is 10.8. The van der Waals surface area contributed by atoms with Crippen molar-refractivity contribution in [3.63, 3.8) is 0 Å². The summed E-state index contributed by atoms with van der Waals surface area (Å²) in [5.74, 6) is 0.489. The monoisotopic (exact) mass is 376 g/mol. The van der Waals surface area contributed by atoms with Crippen molar-refractivity contribution in [2.24, 2.45) is 0 Å². The van der Waals surface area contributed by atoms with Gasteiger partial charge in [0, 0.05) is 18.7 Å². The van der Waals surface area contributed by atoms with Gasteiger partial charge in [0.25, 0.3) is 5.91 Å². The molecule has 0 saturated heterocycles. The second-order valence-corrected chi connectivity index (χ2v) is 6.55. The number of rotatable bonds is 9. The molecule has 1 aliphatic rings. The predicted molar refractivity (Wildman–Crippen MR) is 108 cm³/mol. The lowest BCUT2D eigenvalue weighted by Crippen LogP contribution is -2.39. The van der Waals surface area contributed by atoms with Gasteiger partial charge in [0.15, 0.2) is 5.11 Å². The van der Waals surface area contributed by atoms with Crippen LogP contribution in [0.25, 0.3) is 0 Å². The highest BCUT2D eigenvalue weighted by atomic mass is 32.1. The highest BCUT2D eigenvalue weighted by Gasteiger charge is 2.08. The average Bonchev–Trinajstić information content (AvgIpc) is 2.66. The summed E-state index contributed by atoms with van der Waals surface area (Å²) in [5, 5.41) is 6.18. The maximum atomic E-state index is 12.2. The smallest absolute Gasteiger partial charge is 0.257 e. The van der Waals surface area contributed by atoms with Crippen molar-refractivity contribution >= 4 is 23.2 Å². The number of allylic oxidation sites excluding steroid dienone is 1. The van der Waals surface area contributed by atoms with E-state index in [1.54, 1.807) is 24.3 Å². The van der Waals surface area contributed by atoms with Gasteiger partial charge in [-0.3, -0.25) is 10.1 Å². The highest BCUT2D eigenvalue weighted by Crippen LogP contribution is 2.19. The molecule has 2 N–H and O–H groups in total. The number of benzene rings is 1. The van der Waals surface area contributed by atoms with Crippen molar-refractivity contribution in [3.8, 4) is 5.75 Å². The molecule has 0 atom stereocenters. The second kappa shape index (κ2) is 11.6. The summed E-state index contributed by atoms with van der Waals surface area (Å²) in [6, 6.07) is 6.99. The standard InChI is InChI=1S/C20H28N2O3S/c1-2-24-14-15-25-18-10-8-17(9-11-18)19(23)22-20(26)21-13-12-16-6-4-3-5-7-16/h6,8-11H,2-5,7,12-15H2,1H3,(H2,21,22,23,26). The Morgan fingerprint density at radius 1 is 1.19 bits per heavy atom. The van der Waals surface area contributed by atoms with Crippen LogP contribution in [-0.4, -0.2) is 37.4 Å². The zero-order chi connectivity index (χ0) is 18.6. The van der Waals surface area contributed by atoms with Gasteiger partial charge in [0.2, 0.25) is 0 Å². The average molecular weight is 377 g/mol. The van der Waals surface area contributed by atoms with Crippen LogP contribution in [0.4, 0.5) is 0 Å². The van der Waals surface area contributed by atoms with Crippen molar-refractivity contribution in [3.05, 3.63) is 41.5 Å². The van der Waals surface area contributed by atoms with E-state index in [9.17, 15) is 4.79 Å². The molecule has 1 aromatic carbocycles. The molecule has 1 aliphatic carbocycles. The van der Waals surface area contributed by atoms with E-state index in [0.29, 0.717) is 36.2 Å². The number of hydrogen-bond acceptors (Lipinski definition) is 4. The van der Waals surface area contributed by atoms with Crippen LogP contribution in [0.2, 0.25) is 0 Å². The van der Waals surface area contributed by atoms with E-state index in [2.05, 4.69) is 16.7 Å². The number of hydrogen-bond donors (Lipinski definition) is 2. The van der Waals surface area contributed by atoms with E-state index >= 15 is 0 Å². The number of nitrogens with one attached hydrogen (secondary N) is 2. The minimum Gasteiger partial charge on any atom is -0.491 e. The lowest BCUT2D eigenvalue weighted by molar-refractivity contribution is 0.0976. The molecular weight excluding hydrogens is 348 g/mol. The van der Waals surface area contributed by atoms with Crippen LogP contribution in [0.5, 0.6) is 5.75 Å². The van der Waals surface area contributed by atoms with Crippen molar-refractivity contribution in [1.82, 2.24) is 10.6 Å². The third-order valence-corrected chi connectivity index (χ3v) is 4.41. The molecule has 0 unspecified atom stereocenters. The number of ether oxygens (including phenoxy) is 2. The third-order valence-electron chi connectivity index (χ3n) is 4.16. The Morgan fingerprint density at radius 2 is 2.00 bits per heavy atom. The number of amides is 1. The van der Waals surface area contributed by atoms with Crippen LogP contribution >= 0.6 is 12.2 Å². The molecule has 26 heavy (non-hydrogen) atoms. The predicted octanol–water partition coefficient (Wildman–Crippen LogP) is 3.60. The quantitative estimate of drug-likeness (QED) is 0.392. The second-order valence-electron chi connectivity index (χ2n) is 6.14. The van der Waals surface area contributed by atoms with Crippen LogP contribution in [0, 0.1) is 0 Å². The fraction of sp³-hybridized carbons (Fsp3) is 0.500. The number of carbonyl (C=O) groups is 1. The Bertz CT molecular complexity index is 614. The van der Waals surface area contributed by atoms with E-state index < -0.39 is 0 Å². The fourth-order valence-corrected chi connectivity index (χ4v) is 2.95. The maximum absolute atomic E-state index is 12.2. The molecule has 0 aliphatic heterocycles. The van der Waals surface area contributed by atoms with Gasteiger partial charge >= 0.3 is 0 Å². The Hall–Kier alpha value is -1.92. The molecule has 0 fully saturated rings. The van der Waals surface area contributed by atoms with Crippen molar-refractivity contribution < 1.29 is 14.3 Å². The van der Waals surface area contributed by atoms with Crippen molar-refractivity contribution in [1.29, 1.82) is 0 Å². The SMILES string of the molecule is CCOCCOc1ccc(C(=O)NC(=S)NCCC2=CCCCC2)cc1. The van der Waals surface area contributed by atoms with E-state index in [0.717, 1.165) is 13.0 Å². The van der Waals surface area contributed by atoms with Crippen molar-refractivity contribution in [2.45, 2.75) is 39.0 Å². The van der Waals surface area contributed by atoms with Gasteiger partial charge in [-0.15, -0.1) is 0 Å². The molecule has 0 saturated carbocycles. The summed E-state index contributed by atoms with van der Waals surface area (Å²) in [6.07, 6.45) is 8.23. The maximum Gasteiger partial charge on any atom is 0.257 e. The molecule has 0 heterocycles. The Labute approximate surface area is 161 Å². The first kappa shape index (κ1) is 20.4. The van der Waals surface area contributed by atoms with E-state index in [1.165, 1.54) is 31.3 Å². The van der Waals surface area contributed by atoms with Gasteiger partial charge in [-0.25, -0.2) is 0 Å². The summed E-state index contributed by atoms with van der Waals surface area (Å²) in [6.45, 7) is 4.41. The molecule has 6 heteroatoms. The van der Waals surface area contributed by atoms with E-state index in [4.69, 9.17) is 21.7 Å². The molecule has 2 rings (SSSR count). The van der Waals surface area contributed by atoms with Crippen LogP contribution in [0.3, 0.4) is 0 Å². The summed E-state index contributed by atoms with van der Waals surface area (Å²) in [7, 11) is 0. The Morgan fingerprint density at radius 3 is 2.69 bits per heavy atom. The molecule has 142 valence electrons. The molecule has 5 nitrogen and oxygen atoms in total. The molecule has 1 amide bonds. The first-order valence-electron chi connectivity index (χ1n) is 9.26. The van der Waals surface area contributed by atoms with Crippen LogP contribution in [0.1, 0.15) is 49.4 Å². The number of thiocarbonyl (C=S) groups is 1. The number of carbonyl (C=O) groups excluding carboxylic acids is 1. The van der Waals surface area contributed by atoms with Crippen molar-refractivity contribution in [2.75, 3.05) is 26.4 Å². The summed E-state index contributed by atoms with van der Waals surface area (Å²) >= 11 is 5.20. The first-order chi connectivity index (χ1) is 12.7. The molecule has 0 radical (unpaired) electrons. The normalized spacial score (nSPS) is 13.7. The van der Waals surface area contributed by atoms with E-state index in [-0.39, 0.29) is 5.91 Å². The Balaban J connectivity index is 1.69. The minimum absolute atomic E-state index is 0.222. The van der Waals surface area contributed by atoms with E-state index in [1.807, 2.05) is 6.92 Å². The molecule has 1 aromatic rings. The third kappa shape index (κ3) is 7.54. The molecule has 0 aromatic heterocycles. The fourth-order valence-electron chi connectivity index (χ4n) is 2.75. The minimum atomic E-state index is -0.222. The largest absolute Gasteiger partial charge is 0.491 e. The Kier molecular flexibility index (Phi) is 9.14. The lowest BCUT2D eigenvalue weighted by Gasteiger charge is -2.14. The van der Waals surface area contributed by atoms with Gasteiger partial charge in [-0.1, -0.05) is 11.6 Å². The topological polar surface area (TPSA) is 59.6 Å². The first-order valence-corrected chi connectivity index (χ1v) is 9.67. The van der Waals surface area contributed by atoms with Crippen LogP contribution in [0.15, 0.2) is 35.9 Å². The van der Waals surface area contributed by atoms with Gasteiger partial charge in [-0.05, 0) is 75.5 Å². The lowest BCUT2D eigenvalue weighted by atomic mass is 9.97. The zero-order valence-corrected chi connectivity index (χ0v) is 16.2. The van der Waals surface area contributed by atoms with Gasteiger partial charge < -0.3 is 14.8 Å². The van der Waals surface area contributed by atoms with Gasteiger partial charge in [0.05, 0.1) is 6.61 Å². The van der Waals surface area contributed by atoms with Crippen LogP contribution < -0.4 is 15.4 Å². The molecular formula is C20H28N2O3S. The summed E-state index contributed by atoms with van der Waals surface area (Å²) in [5.41, 5.74) is 2.03. The van der Waals surface area contributed by atoms with Crippen LogP contribution in [-0.2, 0) is 4.74 Å². The summed E-state index contributed by atoms with van der Waals surface area (Å²) in [4.78, 5) is 12.2. The zero-order valence-electron chi connectivity index (χ0n) is 15.4. The molecule has 0 spiro atoms. The highest BCUT2D eigenvalue weighted by molar-refractivity contribution is 7.80. The van der Waals surface area contributed by atoms with Gasteiger partial charge in [-0.2, -0.15) is 0 Å². The van der Waals surface area contributed by atoms with Gasteiger partial charge in [0.1, 0.15) is 12.4 Å².